The zero-order chi connectivity index (χ0) is 14.9. The van der Waals surface area contributed by atoms with E-state index in [-0.39, 0.29) is 12.4 Å². The number of aromatic nitrogens is 2. The van der Waals surface area contributed by atoms with Gasteiger partial charge in [0, 0.05) is 24.0 Å². The minimum absolute atomic E-state index is 0. The van der Waals surface area contributed by atoms with E-state index in [0.29, 0.717) is 0 Å². The zero-order valence-corrected chi connectivity index (χ0v) is 13.9. The number of benzene rings is 2. The number of para-hydroxylation sites is 1. The Hall–Kier alpha value is -2.13. The molecular weight excluding hydrogens is 306 g/mol. The smallest absolute Gasteiger partial charge is 0.162 e. The Morgan fingerprint density at radius 3 is 2.48 bits per heavy atom. The topological polar surface area (TPSA) is 29.0 Å². The third-order valence-electron chi connectivity index (χ3n) is 4.26. The molecule has 0 N–H and O–H groups in total. The van der Waals surface area contributed by atoms with E-state index >= 15 is 0 Å². The van der Waals surface area contributed by atoms with E-state index in [1.807, 2.05) is 6.07 Å². The van der Waals surface area contributed by atoms with Crippen LogP contribution in [-0.2, 0) is 0 Å². The van der Waals surface area contributed by atoms with Gasteiger partial charge in [-0.2, -0.15) is 0 Å². The number of halogens is 1. The fraction of sp³-hybridized carbons (Fsp3) is 0.263. The van der Waals surface area contributed by atoms with E-state index in [0.717, 1.165) is 41.2 Å². The number of hydrogen-bond donors (Lipinski definition) is 0. The number of anilines is 1. The number of hydrogen-bond acceptors (Lipinski definition) is 3. The fourth-order valence-corrected chi connectivity index (χ4v) is 3.14. The van der Waals surface area contributed by atoms with E-state index in [1.54, 1.807) is 0 Å². The molecule has 3 aromatic rings. The van der Waals surface area contributed by atoms with Gasteiger partial charge >= 0.3 is 0 Å². The zero-order valence-electron chi connectivity index (χ0n) is 13.2. The van der Waals surface area contributed by atoms with Crippen molar-refractivity contribution in [2.45, 2.75) is 19.8 Å². The van der Waals surface area contributed by atoms with E-state index in [2.05, 4.69) is 54.3 Å². The van der Waals surface area contributed by atoms with Crippen molar-refractivity contribution in [2.24, 2.45) is 0 Å². The molecule has 0 aliphatic carbocycles. The lowest BCUT2D eigenvalue weighted by molar-refractivity contribution is -0.00000454. The Bertz CT molecular complexity index is 826. The second-order valence-electron chi connectivity index (χ2n) is 5.95. The van der Waals surface area contributed by atoms with Crippen LogP contribution < -0.4 is 17.3 Å². The SMILES string of the molecule is Cc1cccc(-c2nc(N3CCCC3)c3ccccc3n2)c1.[Cl-]. The fourth-order valence-electron chi connectivity index (χ4n) is 3.14. The molecule has 4 heteroatoms. The summed E-state index contributed by atoms with van der Waals surface area (Å²) in [6.07, 6.45) is 2.50. The summed E-state index contributed by atoms with van der Waals surface area (Å²) in [4.78, 5) is 12.1. The molecule has 23 heavy (non-hydrogen) atoms. The maximum atomic E-state index is 4.91. The highest BCUT2D eigenvalue weighted by atomic mass is 35.5. The summed E-state index contributed by atoms with van der Waals surface area (Å²) < 4.78 is 0. The van der Waals surface area contributed by atoms with Crippen molar-refractivity contribution in [3.63, 3.8) is 0 Å². The standard InChI is InChI=1S/C19H19N3.ClH/c1-14-7-6-8-15(13-14)18-20-17-10-3-2-9-16(17)19(21-18)22-11-4-5-12-22;/h2-3,6-10,13H,4-5,11-12H2,1H3;1H/p-1. The van der Waals surface area contributed by atoms with Crippen LogP contribution in [0.1, 0.15) is 18.4 Å². The minimum atomic E-state index is 0. The van der Waals surface area contributed by atoms with Crippen molar-refractivity contribution in [3.05, 3.63) is 54.1 Å². The number of nitrogens with zero attached hydrogens (tertiary/aromatic N) is 3. The lowest BCUT2D eigenvalue weighted by Crippen LogP contribution is -3.00. The molecule has 4 rings (SSSR count). The molecule has 0 unspecified atom stereocenters. The van der Waals surface area contributed by atoms with Crippen LogP contribution in [0, 0.1) is 6.92 Å². The monoisotopic (exact) mass is 324 g/mol. The molecule has 0 radical (unpaired) electrons. The van der Waals surface area contributed by atoms with Gasteiger partial charge in [0.05, 0.1) is 5.52 Å². The summed E-state index contributed by atoms with van der Waals surface area (Å²) in [5.74, 6) is 1.91. The van der Waals surface area contributed by atoms with Crippen LogP contribution in [0.2, 0.25) is 0 Å². The molecule has 1 aliphatic rings. The van der Waals surface area contributed by atoms with Crippen LogP contribution in [0.5, 0.6) is 0 Å². The molecule has 2 heterocycles. The number of rotatable bonds is 2. The van der Waals surface area contributed by atoms with E-state index in [1.165, 1.54) is 18.4 Å². The molecule has 1 saturated heterocycles. The van der Waals surface area contributed by atoms with Gasteiger partial charge in [0.1, 0.15) is 5.82 Å². The van der Waals surface area contributed by atoms with Gasteiger partial charge in [-0.3, -0.25) is 0 Å². The van der Waals surface area contributed by atoms with E-state index < -0.39 is 0 Å². The summed E-state index contributed by atoms with van der Waals surface area (Å²) in [5.41, 5.74) is 3.35. The molecule has 0 atom stereocenters. The first kappa shape index (κ1) is 15.8. The Balaban J connectivity index is 0.00000156. The highest BCUT2D eigenvalue weighted by molar-refractivity contribution is 5.91. The molecule has 0 bridgehead atoms. The number of fused-ring (bicyclic) bond motifs is 1. The molecule has 2 aromatic carbocycles. The van der Waals surface area contributed by atoms with Crippen molar-refractivity contribution >= 4 is 16.7 Å². The van der Waals surface area contributed by atoms with Crippen molar-refractivity contribution in [2.75, 3.05) is 18.0 Å². The second-order valence-corrected chi connectivity index (χ2v) is 5.95. The van der Waals surface area contributed by atoms with Crippen molar-refractivity contribution in [1.82, 2.24) is 9.97 Å². The first-order valence-corrected chi connectivity index (χ1v) is 7.90. The third-order valence-corrected chi connectivity index (χ3v) is 4.26. The Morgan fingerprint density at radius 1 is 0.913 bits per heavy atom. The molecule has 3 nitrogen and oxygen atoms in total. The summed E-state index contributed by atoms with van der Waals surface area (Å²) in [5, 5.41) is 1.15. The van der Waals surface area contributed by atoms with E-state index in [9.17, 15) is 0 Å². The molecule has 0 spiro atoms. The second kappa shape index (κ2) is 6.55. The van der Waals surface area contributed by atoms with Crippen LogP contribution in [0.3, 0.4) is 0 Å². The molecule has 118 valence electrons. The largest absolute Gasteiger partial charge is 1.00 e. The van der Waals surface area contributed by atoms with Crippen molar-refractivity contribution in [1.29, 1.82) is 0 Å². The summed E-state index contributed by atoms with van der Waals surface area (Å²) >= 11 is 0. The quantitative estimate of drug-likeness (QED) is 0.709. The summed E-state index contributed by atoms with van der Waals surface area (Å²) in [6, 6.07) is 16.7. The molecule has 0 saturated carbocycles. The predicted octanol–water partition coefficient (Wildman–Crippen LogP) is 1.21. The minimum Gasteiger partial charge on any atom is -1.00 e. The Morgan fingerprint density at radius 2 is 1.70 bits per heavy atom. The van der Waals surface area contributed by atoms with Crippen LogP contribution in [0.25, 0.3) is 22.3 Å². The summed E-state index contributed by atoms with van der Waals surface area (Å²) in [7, 11) is 0. The van der Waals surface area contributed by atoms with Gasteiger partial charge in [0.25, 0.3) is 0 Å². The van der Waals surface area contributed by atoms with Crippen LogP contribution >= 0.6 is 0 Å². The molecular formula is C19H19ClN3-. The maximum absolute atomic E-state index is 4.91. The molecule has 1 aromatic heterocycles. The molecule has 1 aliphatic heterocycles. The van der Waals surface area contributed by atoms with Crippen LogP contribution in [-0.4, -0.2) is 23.1 Å². The first-order valence-electron chi connectivity index (χ1n) is 7.90. The average Bonchev–Trinajstić information content (AvgIpc) is 3.08. The van der Waals surface area contributed by atoms with Crippen molar-refractivity contribution < 1.29 is 12.4 Å². The molecule has 0 amide bonds. The van der Waals surface area contributed by atoms with E-state index in [4.69, 9.17) is 9.97 Å². The highest BCUT2D eigenvalue weighted by Gasteiger charge is 2.18. The lowest BCUT2D eigenvalue weighted by atomic mass is 10.1. The maximum Gasteiger partial charge on any atom is 0.162 e. The van der Waals surface area contributed by atoms with Crippen LogP contribution in [0.15, 0.2) is 48.5 Å². The van der Waals surface area contributed by atoms with Gasteiger partial charge in [0.15, 0.2) is 5.82 Å². The van der Waals surface area contributed by atoms with Gasteiger partial charge in [-0.05, 0) is 38.0 Å². The van der Waals surface area contributed by atoms with Gasteiger partial charge in [-0.1, -0.05) is 35.9 Å². The highest BCUT2D eigenvalue weighted by Crippen LogP contribution is 2.29. The van der Waals surface area contributed by atoms with Crippen LogP contribution in [0.4, 0.5) is 5.82 Å². The summed E-state index contributed by atoms with van der Waals surface area (Å²) in [6.45, 7) is 4.29. The Labute approximate surface area is 142 Å². The predicted molar refractivity (Wildman–Crippen MR) is 91.2 cm³/mol. The van der Waals surface area contributed by atoms with Gasteiger partial charge < -0.3 is 17.3 Å². The van der Waals surface area contributed by atoms with Gasteiger partial charge in [-0.15, -0.1) is 0 Å². The lowest BCUT2D eigenvalue weighted by Gasteiger charge is -2.19. The van der Waals surface area contributed by atoms with Crippen molar-refractivity contribution in [3.8, 4) is 11.4 Å². The van der Waals surface area contributed by atoms with Gasteiger partial charge in [0.2, 0.25) is 0 Å². The Kier molecular flexibility index (Phi) is 4.49. The normalized spacial score (nSPS) is 14.0. The number of aryl methyl sites for hydroxylation is 1. The third kappa shape index (κ3) is 3.02. The first-order chi connectivity index (χ1) is 10.8. The average molecular weight is 325 g/mol. The van der Waals surface area contributed by atoms with Gasteiger partial charge in [-0.25, -0.2) is 9.97 Å². The molecule has 1 fully saturated rings.